The molecule has 1 aliphatic rings. The number of nitrogens with zero attached hydrogens (tertiary/aromatic N) is 4. The molecule has 0 saturated carbocycles. The van der Waals surface area contributed by atoms with E-state index in [1.54, 1.807) is 19.2 Å². The van der Waals surface area contributed by atoms with Crippen LogP contribution in [0.25, 0.3) is 11.0 Å². The van der Waals surface area contributed by atoms with Crippen LogP contribution in [0.5, 0.6) is 5.75 Å². The third-order valence-corrected chi connectivity index (χ3v) is 5.85. The Hall–Kier alpha value is -3.58. The fourth-order valence-corrected chi connectivity index (χ4v) is 4.16. The molecule has 1 aromatic carbocycles. The average molecular weight is 472 g/mol. The van der Waals surface area contributed by atoms with E-state index in [1.807, 2.05) is 17.9 Å². The number of nitriles is 1. The maximum Gasteiger partial charge on any atom is 0.416 e. The molecule has 1 aliphatic heterocycles. The van der Waals surface area contributed by atoms with Crippen LogP contribution in [0.2, 0.25) is 0 Å². The van der Waals surface area contributed by atoms with Gasteiger partial charge in [0.1, 0.15) is 35.2 Å². The Balaban J connectivity index is 1.63. The Bertz CT molecular complexity index is 1300. The molecule has 0 N–H and O–H groups in total. The van der Waals surface area contributed by atoms with Crippen LogP contribution >= 0.6 is 0 Å². The summed E-state index contributed by atoms with van der Waals surface area (Å²) < 4.78 is 52.5. The van der Waals surface area contributed by atoms with Crippen molar-refractivity contribution in [2.24, 2.45) is 7.05 Å². The van der Waals surface area contributed by atoms with E-state index < -0.39 is 23.9 Å². The molecule has 1 fully saturated rings. The molecule has 0 amide bonds. The van der Waals surface area contributed by atoms with Crippen molar-refractivity contribution in [2.45, 2.75) is 31.7 Å². The van der Waals surface area contributed by atoms with Gasteiger partial charge in [-0.15, -0.1) is 0 Å². The van der Waals surface area contributed by atoms with Crippen molar-refractivity contribution in [3.05, 3.63) is 64.1 Å². The first-order valence-electron chi connectivity index (χ1n) is 10.8. The van der Waals surface area contributed by atoms with Gasteiger partial charge >= 0.3 is 6.18 Å². The number of aryl methyl sites for hydroxylation is 1. The number of ether oxygens (including phenoxy) is 2. The van der Waals surface area contributed by atoms with Crippen LogP contribution in [-0.2, 0) is 18.0 Å². The van der Waals surface area contributed by atoms with Crippen molar-refractivity contribution < 1.29 is 22.6 Å². The monoisotopic (exact) mass is 472 g/mol. The number of piperidine rings is 1. The van der Waals surface area contributed by atoms with E-state index in [4.69, 9.17) is 9.47 Å². The van der Waals surface area contributed by atoms with Gasteiger partial charge in [0.05, 0.1) is 16.8 Å². The van der Waals surface area contributed by atoms with Gasteiger partial charge in [0.25, 0.3) is 5.56 Å². The second-order valence-corrected chi connectivity index (χ2v) is 8.01. The van der Waals surface area contributed by atoms with Gasteiger partial charge < -0.3 is 18.9 Å². The summed E-state index contributed by atoms with van der Waals surface area (Å²) in [7, 11) is 1.64. The third kappa shape index (κ3) is 4.70. The highest BCUT2D eigenvalue weighted by Crippen LogP contribution is 2.33. The second kappa shape index (κ2) is 9.35. The van der Waals surface area contributed by atoms with Crippen molar-refractivity contribution in [3.8, 4) is 11.8 Å². The lowest BCUT2D eigenvalue weighted by Gasteiger charge is -2.39. The molecule has 34 heavy (non-hydrogen) atoms. The Labute approximate surface area is 194 Å². The zero-order valence-electron chi connectivity index (χ0n) is 18.7. The lowest BCUT2D eigenvalue weighted by Crippen LogP contribution is -2.50. The summed E-state index contributed by atoms with van der Waals surface area (Å²) in [5, 5.41) is 9.28. The summed E-state index contributed by atoms with van der Waals surface area (Å²) in [5.74, 6) is 0.123. The number of anilines is 1. The average Bonchev–Trinajstić information content (AvgIpc) is 2.82. The molecule has 2 atom stereocenters. The van der Waals surface area contributed by atoms with Crippen LogP contribution in [0.1, 0.15) is 24.6 Å². The molecule has 0 aliphatic carbocycles. The molecule has 1 saturated heterocycles. The first kappa shape index (κ1) is 23.6. The minimum Gasteiger partial charge on any atom is -0.488 e. The molecule has 3 aromatic rings. The van der Waals surface area contributed by atoms with Gasteiger partial charge in [-0.05, 0) is 37.3 Å². The van der Waals surface area contributed by atoms with Gasteiger partial charge in [-0.2, -0.15) is 18.4 Å². The second-order valence-electron chi connectivity index (χ2n) is 8.01. The van der Waals surface area contributed by atoms with Crippen LogP contribution in [-0.4, -0.2) is 41.5 Å². The number of benzene rings is 1. The standard InChI is InChI=1S/C24H23F3N4O3/c1-3-33-21-14-31(10-9-20(21)34-17-6-4-5-15(11-17)24(25,26)27)19-12-22(32)30(2)18-8-7-16(13-28)29-23(18)19/h4-8,11-12,20-21H,3,9-10,14H2,1-2H3/t20-,21+/m1/s1. The number of aromatic nitrogens is 2. The van der Waals surface area contributed by atoms with Gasteiger partial charge in [0, 0.05) is 39.2 Å². The summed E-state index contributed by atoms with van der Waals surface area (Å²) in [4.78, 5) is 18.9. The van der Waals surface area contributed by atoms with Crippen molar-refractivity contribution in [3.63, 3.8) is 0 Å². The summed E-state index contributed by atoms with van der Waals surface area (Å²) in [6, 6.07) is 11.5. The first-order chi connectivity index (χ1) is 16.2. The SMILES string of the molecule is CCO[C@H]1CN(c2cc(=O)n(C)c3ccc(C#N)nc23)CC[C@H]1Oc1cccc(C(F)(F)F)c1. The molecule has 3 heterocycles. The van der Waals surface area contributed by atoms with E-state index in [9.17, 15) is 23.2 Å². The smallest absolute Gasteiger partial charge is 0.416 e. The summed E-state index contributed by atoms with van der Waals surface area (Å²) in [6.45, 7) is 3.02. The number of rotatable bonds is 5. The van der Waals surface area contributed by atoms with Gasteiger partial charge in [0.2, 0.25) is 0 Å². The van der Waals surface area contributed by atoms with Gasteiger partial charge in [-0.25, -0.2) is 4.98 Å². The molecule has 2 aromatic heterocycles. The number of hydrogen-bond acceptors (Lipinski definition) is 6. The maximum atomic E-state index is 13.1. The zero-order valence-corrected chi connectivity index (χ0v) is 18.7. The molecular weight excluding hydrogens is 449 g/mol. The molecule has 0 spiro atoms. The largest absolute Gasteiger partial charge is 0.488 e. The Morgan fingerprint density at radius 1 is 1.21 bits per heavy atom. The highest BCUT2D eigenvalue weighted by atomic mass is 19.4. The molecule has 178 valence electrons. The van der Waals surface area contributed by atoms with Crippen LogP contribution in [0, 0.1) is 11.3 Å². The lowest BCUT2D eigenvalue weighted by atomic mass is 10.0. The van der Waals surface area contributed by atoms with E-state index in [0.29, 0.717) is 42.8 Å². The Kier molecular flexibility index (Phi) is 6.48. The minimum atomic E-state index is -4.46. The van der Waals surface area contributed by atoms with E-state index in [0.717, 1.165) is 12.1 Å². The fourth-order valence-electron chi connectivity index (χ4n) is 4.16. The molecule has 10 heteroatoms. The van der Waals surface area contributed by atoms with Crippen molar-refractivity contribution >= 4 is 16.7 Å². The molecule has 7 nitrogen and oxygen atoms in total. The quantitative estimate of drug-likeness (QED) is 0.561. The highest BCUT2D eigenvalue weighted by Gasteiger charge is 2.34. The van der Waals surface area contributed by atoms with Crippen LogP contribution in [0.4, 0.5) is 18.9 Å². The van der Waals surface area contributed by atoms with Crippen LogP contribution in [0.3, 0.4) is 0 Å². The number of pyridine rings is 2. The van der Waals surface area contributed by atoms with Crippen molar-refractivity contribution in [2.75, 3.05) is 24.6 Å². The first-order valence-corrected chi connectivity index (χ1v) is 10.8. The lowest BCUT2D eigenvalue weighted by molar-refractivity contribution is -0.137. The van der Waals surface area contributed by atoms with Gasteiger partial charge in [-0.3, -0.25) is 4.79 Å². The number of halogens is 3. The molecule has 0 radical (unpaired) electrons. The van der Waals surface area contributed by atoms with E-state index in [1.165, 1.54) is 22.8 Å². The predicted molar refractivity (Wildman–Crippen MR) is 120 cm³/mol. The molecule has 0 bridgehead atoms. The van der Waals surface area contributed by atoms with Crippen LogP contribution < -0.4 is 15.2 Å². The minimum absolute atomic E-state index is 0.123. The number of fused-ring (bicyclic) bond motifs is 1. The normalized spacial score (nSPS) is 18.6. The topological polar surface area (TPSA) is 80.4 Å². The molecular formula is C24H23F3N4O3. The number of hydrogen-bond donors (Lipinski definition) is 0. The number of alkyl halides is 3. The summed E-state index contributed by atoms with van der Waals surface area (Å²) in [6.07, 6.45) is -4.93. The fraction of sp³-hybridized carbons (Fsp3) is 0.375. The predicted octanol–water partition coefficient (Wildman–Crippen LogP) is 3.89. The van der Waals surface area contributed by atoms with Crippen molar-refractivity contribution in [1.29, 1.82) is 5.26 Å². The van der Waals surface area contributed by atoms with E-state index >= 15 is 0 Å². The summed E-state index contributed by atoms with van der Waals surface area (Å²) in [5.41, 5.74) is 0.935. The Morgan fingerprint density at radius 3 is 2.71 bits per heavy atom. The maximum absolute atomic E-state index is 13.1. The Morgan fingerprint density at radius 2 is 2.00 bits per heavy atom. The summed E-state index contributed by atoms with van der Waals surface area (Å²) >= 11 is 0. The van der Waals surface area contributed by atoms with Crippen molar-refractivity contribution in [1.82, 2.24) is 9.55 Å². The van der Waals surface area contributed by atoms with Gasteiger partial charge in [0.15, 0.2) is 0 Å². The highest BCUT2D eigenvalue weighted by molar-refractivity contribution is 5.88. The van der Waals surface area contributed by atoms with Gasteiger partial charge in [-0.1, -0.05) is 6.07 Å². The third-order valence-electron chi connectivity index (χ3n) is 5.85. The van der Waals surface area contributed by atoms with E-state index in [2.05, 4.69) is 4.98 Å². The van der Waals surface area contributed by atoms with Crippen LogP contribution in [0.15, 0.2) is 47.3 Å². The molecule has 4 rings (SSSR count). The molecule has 0 unspecified atom stereocenters. The zero-order chi connectivity index (χ0) is 24.5. The van der Waals surface area contributed by atoms with E-state index in [-0.39, 0.29) is 17.0 Å².